The molecule has 0 unspecified atom stereocenters. The first-order chi connectivity index (χ1) is 10.3. The zero-order valence-corrected chi connectivity index (χ0v) is 13.0. The highest BCUT2D eigenvalue weighted by atomic mass is 15.1. The first-order valence-electron chi connectivity index (χ1n) is 8.76. The normalized spacial score (nSPS) is 24.7. The van der Waals surface area contributed by atoms with Gasteiger partial charge in [-0.1, -0.05) is 12.8 Å². The van der Waals surface area contributed by atoms with Crippen LogP contribution in [0, 0.1) is 5.41 Å². The van der Waals surface area contributed by atoms with E-state index in [1.165, 1.54) is 75.7 Å². The van der Waals surface area contributed by atoms with Crippen LogP contribution in [0.1, 0.15) is 56.9 Å². The number of piperidine rings is 1. The molecule has 1 N–H and O–H groups in total. The molecule has 1 aromatic heterocycles. The fraction of sp³-hybridized carbons (Fsp3) is 0.722. The van der Waals surface area contributed by atoms with E-state index in [1.54, 1.807) is 0 Å². The highest BCUT2D eigenvalue weighted by Crippen LogP contribution is 2.46. The third-order valence-corrected chi connectivity index (χ3v) is 5.87. The Hall–Kier alpha value is -1.09. The second-order valence-corrected chi connectivity index (χ2v) is 7.35. The molecule has 0 amide bonds. The minimum absolute atomic E-state index is 0.704. The van der Waals surface area contributed by atoms with Gasteiger partial charge in [-0.25, -0.2) is 0 Å². The second kappa shape index (κ2) is 5.60. The van der Waals surface area contributed by atoms with Crippen molar-refractivity contribution in [3.63, 3.8) is 0 Å². The van der Waals surface area contributed by atoms with Crippen molar-refractivity contribution in [3.05, 3.63) is 24.0 Å². The van der Waals surface area contributed by atoms with E-state index in [4.69, 9.17) is 0 Å². The molecular formula is C18H27N3. The molecule has 3 aliphatic rings. The molecule has 2 heterocycles. The summed E-state index contributed by atoms with van der Waals surface area (Å²) in [4.78, 5) is 6.95. The van der Waals surface area contributed by atoms with Gasteiger partial charge in [0.25, 0.3) is 0 Å². The summed E-state index contributed by atoms with van der Waals surface area (Å²) in [5.41, 5.74) is 3.51. The Labute approximate surface area is 128 Å². The first-order valence-corrected chi connectivity index (χ1v) is 8.76. The van der Waals surface area contributed by atoms with Crippen LogP contribution in [0.5, 0.6) is 0 Å². The Morgan fingerprint density at radius 2 is 1.90 bits per heavy atom. The molecule has 2 aliphatic carbocycles. The van der Waals surface area contributed by atoms with Crippen molar-refractivity contribution in [1.82, 2.24) is 10.3 Å². The van der Waals surface area contributed by atoms with E-state index < -0.39 is 0 Å². The zero-order chi connectivity index (χ0) is 14.1. The smallest absolute Gasteiger partial charge is 0.0442 e. The van der Waals surface area contributed by atoms with Crippen molar-refractivity contribution in [2.45, 2.75) is 64.0 Å². The summed E-state index contributed by atoms with van der Waals surface area (Å²) >= 11 is 0. The number of rotatable bonds is 4. The van der Waals surface area contributed by atoms with Gasteiger partial charge in [0.2, 0.25) is 0 Å². The van der Waals surface area contributed by atoms with Gasteiger partial charge >= 0.3 is 0 Å². The van der Waals surface area contributed by atoms with Gasteiger partial charge in [0.1, 0.15) is 0 Å². The summed E-state index contributed by atoms with van der Waals surface area (Å²) < 4.78 is 0. The van der Waals surface area contributed by atoms with Crippen LogP contribution >= 0.6 is 0 Å². The van der Waals surface area contributed by atoms with E-state index in [0.29, 0.717) is 5.41 Å². The van der Waals surface area contributed by atoms with Crippen LogP contribution in [0.15, 0.2) is 18.5 Å². The Bertz CT molecular complexity index is 479. The van der Waals surface area contributed by atoms with Crippen LogP contribution in [0.4, 0.5) is 5.69 Å². The van der Waals surface area contributed by atoms with Crippen molar-refractivity contribution in [2.75, 3.05) is 18.0 Å². The molecule has 21 heavy (non-hydrogen) atoms. The number of nitrogens with one attached hydrogen (secondary N) is 1. The second-order valence-electron chi connectivity index (χ2n) is 7.35. The Balaban J connectivity index is 1.43. The van der Waals surface area contributed by atoms with Gasteiger partial charge in [-0.2, -0.15) is 0 Å². The maximum atomic E-state index is 4.34. The van der Waals surface area contributed by atoms with Crippen molar-refractivity contribution in [1.29, 1.82) is 0 Å². The average molecular weight is 285 g/mol. The van der Waals surface area contributed by atoms with Crippen molar-refractivity contribution in [2.24, 2.45) is 5.41 Å². The number of aromatic nitrogens is 1. The van der Waals surface area contributed by atoms with Crippen LogP contribution in [0.3, 0.4) is 0 Å². The predicted octanol–water partition coefficient (Wildman–Crippen LogP) is 3.49. The molecule has 1 saturated heterocycles. The van der Waals surface area contributed by atoms with Crippen molar-refractivity contribution >= 4 is 5.69 Å². The topological polar surface area (TPSA) is 28.2 Å². The van der Waals surface area contributed by atoms with Crippen LogP contribution in [-0.4, -0.2) is 24.1 Å². The maximum Gasteiger partial charge on any atom is 0.0442 e. The van der Waals surface area contributed by atoms with Gasteiger partial charge in [-0.15, -0.1) is 0 Å². The highest BCUT2D eigenvalue weighted by Gasteiger charge is 2.37. The number of anilines is 1. The Morgan fingerprint density at radius 1 is 1.14 bits per heavy atom. The van der Waals surface area contributed by atoms with Gasteiger partial charge in [0.15, 0.2) is 0 Å². The summed E-state index contributed by atoms with van der Waals surface area (Å²) in [5, 5.41) is 3.63. The minimum atomic E-state index is 0.704. The third kappa shape index (κ3) is 2.94. The van der Waals surface area contributed by atoms with E-state index >= 15 is 0 Å². The molecule has 114 valence electrons. The van der Waals surface area contributed by atoms with Crippen LogP contribution in [0.25, 0.3) is 0 Å². The van der Waals surface area contributed by atoms with Gasteiger partial charge in [0, 0.05) is 49.3 Å². The third-order valence-electron chi connectivity index (χ3n) is 5.87. The van der Waals surface area contributed by atoms with Gasteiger partial charge in [-0.05, 0) is 50.0 Å². The van der Waals surface area contributed by atoms with E-state index in [-0.39, 0.29) is 0 Å². The average Bonchev–Trinajstić information content (AvgIpc) is 3.26. The molecule has 3 heteroatoms. The van der Waals surface area contributed by atoms with Crippen molar-refractivity contribution in [3.8, 4) is 0 Å². The van der Waals surface area contributed by atoms with E-state index in [9.17, 15) is 0 Å². The summed E-state index contributed by atoms with van der Waals surface area (Å²) in [6, 6.07) is 2.98. The van der Waals surface area contributed by atoms with Gasteiger partial charge < -0.3 is 10.2 Å². The molecule has 4 rings (SSSR count). The zero-order valence-electron chi connectivity index (χ0n) is 13.0. The highest BCUT2D eigenvalue weighted by molar-refractivity contribution is 5.52. The van der Waals surface area contributed by atoms with Crippen LogP contribution in [-0.2, 0) is 6.54 Å². The van der Waals surface area contributed by atoms with Crippen molar-refractivity contribution < 1.29 is 0 Å². The van der Waals surface area contributed by atoms with Crippen LogP contribution in [0.2, 0.25) is 0 Å². The quantitative estimate of drug-likeness (QED) is 0.918. The fourth-order valence-corrected chi connectivity index (χ4v) is 4.25. The molecule has 3 fully saturated rings. The van der Waals surface area contributed by atoms with E-state index in [2.05, 4.69) is 27.5 Å². The molecule has 0 radical (unpaired) electrons. The largest absolute Gasteiger partial charge is 0.371 e. The molecule has 1 aliphatic heterocycles. The SMILES string of the molecule is c1cc(N2CCC3(CCCC3)CC2)c(CNC2CC2)cn1. The number of nitrogens with zero attached hydrogens (tertiary/aromatic N) is 2. The fourth-order valence-electron chi connectivity index (χ4n) is 4.25. The Kier molecular flexibility index (Phi) is 3.62. The van der Waals surface area contributed by atoms with Gasteiger partial charge in [-0.3, -0.25) is 4.98 Å². The number of hydrogen-bond acceptors (Lipinski definition) is 3. The summed E-state index contributed by atoms with van der Waals surface area (Å²) in [6.45, 7) is 3.45. The lowest BCUT2D eigenvalue weighted by Gasteiger charge is -2.41. The van der Waals surface area contributed by atoms with E-state index in [0.717, 1.165) is 12.6 Å². The summed E-state index contributed by atoms with van der Waals surface area (Å²) in [5.74, 6) is 0. The first kappa shape index (κ1) is 13.6. The lowest BCUT2D eigenvalue weighted by atomic mass is 9.77. The van der Waals surface area contributed by atoms with Gasteiger partial charge in [0.05, 0.1) is 0 Å². The Morgan fingerprint density at radius 3 is 2.62 bits per heavy atom. The summed E-state index contributed by atoms with van der Waals surface area (Å²) in [6.07, 6.45) is 15.4. The maximum absolute atomic E-state index is 4.34. The van der Waals surface area contributed by atoms with E-state index in [1.807, 2.05) is 6.20 Å². The molecule has 0 atom stereocenters. The molecule has 2 saturated carbocycles. The lowest BCUT2D eigenvalue weighted by molar-refractivity contribution is 0.226. The number of hydrogen-bond donors (Lipinski definition) is 1. The molecule has 3 nitrogen and oxygen atoms in total. The molecule has 0 aromatic carbocycles. The minimum Gasteiger partial charge on any atom is -0.371 e. The summed E-state index contributed by atoms with van der Waals surface area (Å²) in [7, 11) is 0. The lowest BCUT2D eigenvalue weighted by Crippen LogP contribution is -2.39. The molecular weight excluding hydrogens is 258 g/mol. The predicted molar refractivity (Wildman–Crippen MR) is 86.4 cm³/mol. The molecule has 0 bridgehead atoms. The molecule has 1 spiro atoms. The van der Waals surface area contributed by atoms with Crippen LogP contribution < -0.4 is 10.2 Å². The number of pyridine rings is 1. The standard InChI is InChI=1S/C18H27N3/c1-2-7-18(6-1)8-11-21(12-9-18)17-5-10-19-13-15(17)14-20-16-3-4-16/h5,10,13,16,20H,1-4,6-9,11-12,14H2. The molecule has 1 aromatic rings. The monoisotopic (exact) mass is 285 g/mol.